The Labute approximate surface area is 126 Å². The van der Waals surface area contributed by atoms with Crippen LogP contribution in [0.2, 0.25) is 5.02 Å². The van der Waals surface area contributed by atoms with Gasteiger partial charge in [-0.3, -0.25) is 0 Å². The summed E-state index contributed by atoms with van der Waals surface area (Å²) in [5.74, 6) is -3.45. The predicted octanol–water partition coefficient (Wildman–Crippen LogP) is 3.95. The molecule has 0 unspecified atom stereocenters. The van der Waals surface area contributed by atoms with Crippen LogP contribution in [0.25, 0.3) is 0 Å². The zero-order valence-electron chi connectivity index (χ0n) is 10.8. The third kappa shape index (κ3) is 3.71. The lowest BCUT2D eigenvalue weighted by molar-refractivity contribution is 0.235. The predicted molar refractivity (Wildman–Crippen MR) is 78.4 cm³/mol. The molecule has 7 heteroatoms. The van der Waals surface area contributed by atoms with Gasteiger partial charge in [-0.1, -0.05) is 35.9 Å². The number of nitrogens with one attached hydrogen (secondary N) is 1. The molecular formula is C14H12ClF2NO2S. The summed E-state index contributed by atoms with van der Waals surface area (Å²) in [6, 6.07) is 12.5. The molecule has 0 saturated carbocycles. The van der Waals surface area contributed by atoms with Crippen molar-refractivity contribution in [3.05, 3.63) is 59.1 Å². The number of sulfone groups is 1. The lowest BCUT2D eigenvalue weighted by atomic mass is 10.2. The Hall–Kier alpha value is -1.66. The number of alkyl halides is 2. The summed E-state index contributed by atoms with van der Waals surface area (Å²) in [7, 11) is -4.64. The second-order valence-corrected chi connectivity index (χ2v) is 6.61. The number of para-hydroxylation sites is 1. The van der Waals surface area contributed by atoms with Crippen LogP contribution in [-0.4, -0.2) is 14.2 Å². The van der Waals surface area contributed by atoms with Crippen molar-refractivity contribution in [1.29, 1.82) is 0 Å². The van der Waals surface area contributed by atoms with Gasteiger partial charge in [0.1, 0.15) is 0 Å². The first-order valence-electron chi connectivity index (χ1n) is 6.00. The standard InChI is InChI=1S/C14H12ClF2NO2S/c15-11-5-3-4-10(8-11)9-18-12-6-1-2-7-13(12)21(19,20)14(16)17/h1-8,14,18H,9H2. The van der Waals surface area contributed by atoms with Crippen LogP contribution in [0, 0.1) is 0 Å². The first-order chi connectivity index (χ1) is 9.91. The van der Waals surface area contributed by atoms with Crippen molar-refractivity contribution in [2.75, 3.05) is 5.32 Å². The average Bonchev–Trinajstić information content (AvgIpc) is 2.45. The fourth-order valence-electron chi connectivity index (χ4n) is 1.80. The zero-order valence-corrected chi connectivity index (χ0v) is 12.3. The van der Waals surface area contributed by atoms with Crippen LogP contribution in [0.3, 0.4) is 0 Å². The maximum atomic E-state index is 12.7. The van der Waals surface area contributed by atoms with Gasteiger partial charge in [0.25, 0.3) is 0 Å². The Balaban J connectivity index is 2.26. The Kier molecular flexibility index (Phi) is 4.80. The molecular weight excluding hydrogens is 320 g/mol. The van der Waals surface area contributed by atoms with E-state index < -0.39 is 20.5 Å². The van der Waals surface area contributed by atoms with Crippen LogP contribution in [0.1, 0.15) is 5.56 Å². The second-order valence-electron chi connectivity index (χ2n) is 4.29. The van der Waals surface area contributed by atoms with Crippen LogP contribution in [0.15, 0.2) is 53.4 Å². The van der Waals surface area contributed by atoms with Crippen molar-refractivity contribution < 1.29 is 17.2 Å². The third-order valence-corrected chi connectivity index (χ3v) is 4.47. The molecule has 0 aliphatic carbocycles. The molecule has 112 valence electrons. The molecule has 3 nitrogen and oxygen atoms in total. The van der Waals surface area contributed by atoms with Gasteiger partial charge in [-0.05, 0) is 29.8 Å². The SMILES string of the molecule is O=S(=O)(c1ccccc1NCc1cccc(Cl)c1)C(F)F. The van der Waals surface area contributed by atoms with Gasteiger partial charge in [-0.2, -0.15) is 8.78 Å². The summed E-state index contributed by atoms with van der Waals surface area (Å²) in [4.78, 5) is -0.415. The van der Waals surface area contributed by atoms with Crippen LogP contribution in [0.5, 0.6) is 0 Å². The topological polar surface area (TPSA) is 46.2 Å². The highest BCUT2D eigenvalue weighted by atomic mass is 35.5. The first kappa shape index (κ1) is 15.7. The molecule has 21 heavy (non-hydrogen) atoms. The molecule has 2 aromatic carbocycles. The lowest BCUT2D eigenvalue weighted by Crippen LogP contribution is -2.14. The van der Waals surface area contributed by atoms with Crippen molar-refractivity contribution in [3.8, 4) is 0 Å². The van der Waals surface area contributed by atoms with Crippen molar-refractivity contribution in [2.24, 2.45) is 0 Å². The Morgan fingerprint density at radius 3 is 2.48 bits per heavy atom. The molecule has 0 bridgehead atoms. The molecule has 2 rings (SSSR count). The summed E-state index contributed by atoms with van der Waals surface area (Å²) < 4.78 is 48.5. The maximum Gasteiger partial charge on any atom is 0.341 e. The van der Waals surface area contributed by atoms with E-state index in [0.717, 1.165) is 11.6 Å². The molecule has 0 aromatic heterocycles. The number of anilines is 1. The smallest absolute Gasteiger partial charge is 0.341 e. The lowest BCUT2D eigenvalue weighted by Gasteiger charge is -2.12. The number of halogens is 3. The molecule has 0 heterocycles. The van der Waals surface area contributed by atoms with E-state index in [1.54, 1.807) is 30.3 Å². The summed E-state index contributed by atoms with van der Waals surface area (Å²) in [6.45, 7) is 0.274. The molecule has 0 aliphatic rings. The Morgan fingerprint density at radius 1 is 1.10 bits per heavy atom. The van der Waals surface area contributed by atoms with Crippen LogP contribution < -0.4 is 5.32 Å². The minimum Gasteiger partial charge on any atom is -0.380 e. The van der Waals surface area contributed by atoms with E-state index in [-0.39, 0.29) is 12.2 Å². The van der Waals surface area contributed by atoms with Gasteiger partial charge < -0.3 is 5.32 Å². The monoisotopic (exact) mass is 331 g/mol. The van der Waals surface area contributed by atoms with Crippen LogP contribution >= 0.6 is 11.6 Å². The zero-order chi connectivity index (χ0) is 15.5. The minimum absolute atomic E-state index is 0.137. The van der Waals surface area contributed by atoms with E-state index in [0.29, 0.717) is 5.02 Å². The van der Waals surface area contributed by atoms with Crippen molar-refractivity contribution in [3.63, 3.8) is 0 Å². The maximum absolute atomic E-state index is 12.7. The fraction of sp³-hybridized carbons (Fsp3) is 0.143. The number of hydrogen-bond acceptors (Lipinski definition) is 3. The van der Waals surface area contributed by atoms with E-state index in [9.17, 15) is 17.2 Å². The summed E-state index contributed by atoms with van der Waals surface area (Å²) in [6.07, 6.45) is 0. The highest BCUT2D eigenvalue weighted by Crippen LogP contribution is 2.26. The first-order valence-corrected chi connectivity index (χ1v) is 7.93. The van der Waals surface area contributed by atoms with Gasteiger partial charge in [0, 0.05) is 11.6 Å². The normalized spacial score (nSPS) is 11.6. The van der Waals surface area contributed by atoms with Gasteiger partial charge in [-0.25, -0.2) is 8.42 Å². The largest absolute Gasteiger partial charge is 0.380 e. The van der Waals surface area contributed by atoms with Gasteiger partial charge in [0.05, 0.1) is 10.6 Å². The molecule has 0 saturated heterocycles. The van der Waals surface area contributed by atoms with Gasteiger partial charge in [0.2, 0.25) is 9.84 Å². The van der Waals surface area contributed by atoms with Gasteiger partial charge in [-0.15, -0.1) is 0 Å². The Bertz CT molecular complexity index is 735. The molecule has 0 atom stereocenters. The van der Waals surface area contributed by atoms with Crippen molar-refractivity contribution in [1.82, 2.24) is 0 Å². The molecule has 1 N–H and O–H groups in total. The van der Waals surface area contributed by atoms with Gasteiger partial charge >= 0.3 is 5.76 Å². The van der Waals surface area contributed by atoms with Gasteiger partial charge in [0.15, 0.2) is 0 Å². The minimum atomic E-state index is -4.64. The average molecular weight is 332 g/mol. The molecule has 0 spiro atoms. The highest BCUT2D eigenvalue weighted by Gasteiger charge is 2.28. The van der Waals surface area contributed by atoms with Crippen molar-refractivity contribution in [2.45, 2.75) is 17.2 Å². The number of rotatable bonds is 5. The quantitative estimate of drug-likeness (QED) is 0.902. The second kappa shape index (κ2) is 6.41. The summed E-state index contributed by atoms with van der Waals surface area (Å²) >= 11 is 5.85. The van der Waals surface area contributed by atoms with Crippen molar-refractivity contribution >= 4 is 27.1 Å². The fourth-order valence-corrected chi connectivity index (χ4v) is 2.92. The van der Waals surface area contributed by atoms with E-state index in [2.05, 4.69) is 5.32 Å². The molecule has 0 radical (unpaired) electrons. The third-order valence-electron chi connectivity index (χ3n) is 2.80. The Morgan fingerprint density at radius 2 is 1.81 bits per heavy atom. The summed E-state index contributed by atoms with van der Waals surface area (Å²) in [5.41, 5.74) is 0.949. The van der Waals surface area contributed by atoms with E-state index in [1.807, 2.05) is 0 Å². The number of hydrogen-bond donors (Lipinski definition) is 1. The number of benzene rings is 2. The molecule has 0 amide bonds. The van der Waals surface area contributed by atoms with E-state index >= 15 is 0 Å². The van der Waals surface area contributed by atoms with E-state index in [1.165, 1.54) is 12.1 Å². The molecule has 0 aliphatic heterocycles. The van der Waals surface area contributed by atoms with Crippen LogP contribution in [0.4, 0.5) is 14.5 Å². The molecule has 2 aromatic rings. The highest BCUT2D eigenvalue weighted by molar-refractivity contribution is 7.91. The molecule has 0 fully saturated rings. The van der Waals surface area contributed by atoms with Crippen LogP contribution in [-0.2, 0) is 16.4 Å². The van der Waals surface area contributed by atoms with E-state index in [4.69, 9.17) is 11.6 Å². The summed E-state index contributed by atoms with van der Waals surface area (Å²) in [5, 5.41) is 3.39.